The lowest BCUT2D eigenvalue weighted by Gasteiger charge is -2.36. The number of benzene rings is 4. The number of nitrogens with zero attached hydrogens (tertiary/aromatic N) is 8. The summed E-state index contributed by atoms with van der Waals surface area (Å²) >= 11 is 0. The van der Waals surface area contributed by atoms with Crippen LogP contribution in [0.15, 0.2) is 98.1 Å². The number of anilines is 4. The molecular weight excluding hydrogens is 1360 g/mol. The van der Waals surface area contributed by atoms with Crippen LogP contribution in [0, 0.1) is 110 Å². The third-order valence-electron chi connectivity index (χ3n) is 24.3. The zero-order chi connectivity index (χ0) is 76.0. The van der Waals surface area contributed by atoms with Crippen LogP contribution in [0.5, 0.6) is 0 Å². The van der Waals surface area contributed by atoms with Gasteiger partial charge in [-0.2, -0.15) is 0 Å². The molecule has 0 saturated carbocycles. The molecule has 0 N–H and O–H groups in total. The van der Waals surface area contributed by atoms with Crippen molar-refractivity contribution in [3.8, 4) is 0 Å². The monoisotopic (exact) mass is 1510 g/mol. The minimum absolute atomic E-state index is 1.06. The summed E-state index contributed by atoms with van der Waals surface area (Å²) in [6.45, 7) is 67.8. The van der Waals surface area contributed by atoms with Crippen LogP contribution in [0.2, 0.25) is 125 Å². The Labute approximate surface area is 652 Å². The average molecular weight is 1510 g/mol. The van der Waals surface area contributed by atoms with E-state index >= 15 is 0 Å². The fraction of sp³-hybridized carbons (Fsp3) is 0.609. The van der Waals surface area contributed by atoms with E-state index in [1.807, 2.05) is 0 Å². The van der Waals surface area contributed by atoms with Crippen LogP contribution in [0.25, 0.3) is 0 Å². The zero-order valence-corrected chi connectivity index (χ0v) is 75.8. The van der Waals surface area contributed by atoms with Crippen molar-refractivity contribution in [1.29, 1.82) is 0 Å². The molecule has 4 aliphatic heterocycles. The standard InChI is InChI=1S/C92H148N8Si5/c1-77-65-81(5)89(82(6)66-77)97-49-45-93(73-97)41-29-21-25-33-53-101(13,14)57-37-61-105(62-38-58-102(15,16)54-34-26-22-30-42-94-46-50-98(74-94)90-83(7)67-78(2)68-84(90)8,63-39-59-103(17,18)55-35-27-23-31-43-95-47-51-99(75-95)91-85(9)69-79(3)70-86(91)10)64-40-60-104(19,20)56-36-28-24-32-44-96-48-52-100(76-96)92-87(11)71-80(4)72-88(92)12/h45-52,65-72H,21-44,53-64H2,1-20H3. The third-order valence-corrected chi connectivity index (χ3v) is 43.6. The summed E-state index contributed by atoms with van der Waals surface area (Å²) in [6, 6.07) is 37.0. The minimum atomic E-state index is -1.57. The summed E-state index contributed by atoms with van der Waals surface area (Å²) in [5.74, 6) is 0. The van der Waals surface area contributed by atoms with Crippen molar-refractivity contribution in [3.63, 3.8) is 0 Å². The number of hydrogen-bond donors (Lipinski definition) is 0. The normalized spacial score (nSPS) is 15.2. The van der Waals surface area contributed by atoms with E-state index in [1.165, 1.54) is 266 Å². The van der Waals surface area contributed by atoms with E-state index in [0.29, 0.717) is 0 Å². The molecule has 8 radical (unpaired) electrons. The molecule has 0 spiro atoms. The molecule has 0 fully saturated rings. The molecule has 576 valence electrons. The Morgan fingerprint density at radius 2 is 0.381 bits per heavy atom. The van der Waals surface area contributed by atoms with Gasteiger partial charge in [0.15, 0.2) is 0 Å². The Hall–Kier alpha value is -4.68. The Balaban J connectivity index is 0.845. The predicted molar refractivity (Wildman–Crippen MR) is 475 cm³/mol. The highest BCUT2D eigenvalue weighted by molar-refractivity contribution is 6.82. The molecule has 105 heavy (non-hydrogen) atoms. The molecule has 8 rings (SSSR count). The van der Waals surface area contributed by atoms with Crippen LogP contribution in [0.3, 0.4) is 0 Å². The molecule has 0 aromatic heterocycles. The van der Waals surface area contributed by atoms with Gasteiger partial charge in [0, 0.05) is 131 Å². The lowest BCUT2D eigenvalue weighted by molar-refractivity contribution is 0.441. The summed E-state index contributed by atoms with van der Waals surface area (Å²) in [5, 5.41) is 0. The van der Waals surface area contributed by atoms with Crippen LogP contribution in [-0.2, 0) is 0 Å². The first kappa shape index (κ1) is 85.9. The maximum Gasteiger partial charge on any atom is 0.212 e. The van der Waals surface area contributed by atoms with Crippen molar-refractivity contribution in [2.45, 2.75) is 336 Å². The highest BCUT2D eigenvalue weighted by atomic mass is 28.3. The van der Waals surface area contributed by atoms with Crippen molar-refractivity contribution in [2.75, 3.05) is 45.8 Å². The first-order chi connectivity index (χ1) is 49.9. The molecule has 8 nitrogen and oxygen atoms in total. The van der Waals surface area contributed by atoms with E-state index in [9.17, 15) is 0 Å². The van der Waals surface area contributed by atoms with E-state index in [1.54, 1.807) is 24.2 Å². The molecule has 4 aromatic rings. The predicted octanol–water partition coefficient (Wildman–Crippen LogP) is 26.9. The Morgan fingerprint density at radius 3 is 0.571 bits per heavy atom. The summed E-state index contributed by atoms with van der Waals surface area (Å²) in [6.07, 6.45) is 45.2. The summed E-state index contributed by atoms with van der Waals surface area (Å²) in [5.41, 5.74) is 21.1. The molecule has 0 bridgehead atoms. The zero-order valence-electron chi connectivity index (χ0n) is 70.8. The van der Waals surface area contributed by atoms with Gasteiger partial charge in [-0.1, -0.05) is 298 Å². The molecule has 0 unspecified atom stereocenters. The Bertz CT molecular complexity index is 2930. The van der Waals surface area contributed by atoms with E-state index in [2.05, 4.69) is 299 Å². The van der Waals surface area contributed by atoms with E-state index in [0.717, 1.165) is 26.2 Å². The second-order valence-electron chi connectivity index (χ2n) is 37.1. The maximum absolute atomic E-state index is 3.66. The minimum Gasteiger partial charge on any atom is -0.346 e. The molecular formula is C92H148N8Si5. The summed E-state index contributed by atoms with van der Waals surface area (Å²) in [7, 11) is -6.91. The van der Waals surface area contributed by atoms with Crippen LogP contribution in [-0.4, -0.2) is 86.1 Å². The van der Waals surface area contributed by atoms with Gasteiger partial charge in [-0.05, 0) is 153 Å². The van der Waals surface area contributed by atoms with Crippen molar-refractivity contribution in [3.05, 3.63) is 192 Å². The number of hydrogen-bond acceptors (Lipinski definition) is 8. The van der Waals surface area contributed by atoms with Crippen LogP contribution in [0.1, 0.15) is 195 Å². The molecule has 4 heterocycles. The molecule has 4 aliphatic rings. The number of aryl methyl sites for hydroxylation is 12. The Kier molecular flexibility index (Phi) is 33.4. The van der Waals surface area contributed by atoms with Crippen molar-refractivity contribution < 1.29 is 0 Å². The molecule has 4 aromatic carbocycles. The van der Waals surface area contributed by atoms with Crippen LogP contribution >= 0.6 is 0 Å². The molecule has 13 heteroatoms. The van der Waals surface area contributed by atoms with Gasteiger partial charge in [-0.15, -0.1) is 0 Å². The van der Waals surface area contributed by atoms with Crippen molar-refractivity contribution in [1.82, 2.24) is 19.6 Å². The smallest absolute Gasteiger partial charge is 0.212 e. The quantitative estimate of drug-likeness (QED) is 0.0319. The average Bonchev–Trinajstić information content (AvgIpc) is 1.74. The van der Waals surface area contributed by atoms with Gasteiger partial charge in [0.05, 0.1) is 8.07 Å². The summed E-state index contributed by atoms with van der Waals surface area (Å²) < 4.78 is 0. The fourth-order valence-corrected chi connectivity index (χ4v) is 35.6. The second kappa shape index (κ2) is 40.8. The highest BCUT2D eigenvalue weighted by Crippen LogP contribution is 2.41. The van der Waals surface area contributed by atoms with Crippen LogP contribution in [0.4, 0.5) is 22.7 Å². The molecule has 0 saturated heterocycles. The maximum atomic E-state index is 3.66. The van der Waals surface area contributed by atoms with E-state index < -0.39 is 40.4 Å². The first-order valence-corrected chi connectivity index (χ1v) is 58.7. The lowest BCUT2D eigenvalue weighted by atomic mass is 10.0. The highest BCUT2D eigenvalue weighted by Gasteiger charge is 2.36. The van der Waals surface area contributed by atoms with Gasteiger partial charge in [-0.3, -0.25) is 0 Å². The van der Waals surface area contributed by atoms with Gasteiger partial charge in [0.1, 0.15) is 0 Å². The van der Waals surface area contributed by atoms with E-state index in [4.69, 9.17) is 0 Å². The number of unbranched alkanes of at least 4 members (excludes halogenated alkanes) is 12. The molecule has 0 aliphatic carbocycles. The largest absolute Gasteiger partial charge is 0.346 e. The van der Waals surface area contributed by atoms with Gasteiger partial charge < -0.3 is 39.2 Å². The number of rotatable bonds is 48. The Morgan fingerprint density at radius 1 is 0.210 bits per heavy atom. The fourth-order valence-electron chi connectivity index (χ4n) is 18.6. The summed E-state index contributed by atoms with van der Waals surface area (Å²) in [4.78, 5) is 18.1. The van der Waals surface area contributed by atoms with Gasteiger partial charge in [-0.25, -0.2) is 0 Å². The van der Waals surface area contributed by atoms with Crippen molar-refractivity contribution >= 4 is 63.1 Å². The van der Waals surface area contributed by atoms with Gasteiger partial charge in [0.25, 0.3) is 0 Å². The van der Waals surface area contributed by atoms with E-state index in [-0.39, 0.29) is 0 Å². The van der Waals surface area contributed by atoms with Crippen LogP contribution < -0.4 is 19.6 Å². The molecule has 0 amide bonds. The SMILES string of the molecule is Cc1cc(C)c(N2[C]N(CCCCCC[Si](C)(C)CCC[Si](CCC[Si](C)(C)CCCCCCN3[C]N(c4c(C)cc(C)cc4C)C=C3)(CCC[Si](C)(C)CCCCCCN3[C]N(c4c(C)cc(C)cc4C)C=C3)CCC[Si](C)(C)CCCCCCN3[C]N(c4c(C)cc(C)cc4C)C=C3)C=C2)c(C)c1. The van der Waals surface area contributed by atoms with Gasteiger partial charge in [0.2, 0.25) is 26.7 Å². The van der Waals surface area contributed by atoms with Crippen molar-refractivity contribution in [2.24, 2.45) is 0 Å². The lowest BCUT2D eigenvalue weighted by Crippen LogP contribution is -2.37. The first-order valence-electron chi connectivity index (χ1n) is 42.2. The third kappa shape index (κ3) is 28.0. The topological polar surface area (TPSA) is 25.9 Å². The molecule has 0 atom stereocenters. The van der Waals surface area contributed by atoms with Gasteiger partial charge >= 0.3 is 0 Å². The second-order valence-corrected chi connectivity index (χ2v) is 63.4.